The van der Waals surface area contributed by atoms with E-state index in [0.717, 1.165) is 82.2 Å². The first-order valence-electron chi connectivity index (χ1n) is 11.3. The smallest absolute Gasteiger partial charge is 0.225 e. The van der Waals surface area contributed by atoms with Gasteiger partial charge in [-0.15, -0.1) is 24.0 Å². The summed E-state index contributed by atoms with van der Waals surface area (Å²) in [6, 6.07) is 7.78. The van der Waals surface area contributed by atoms with Gasteiger partial charge in [0.15, 0.2) is 5.96 Å². The van der Waals surface area contributed by atoms with Gasteiger partial charge in [0.05, 0.1) is 0 Å². The Bertz CT molecular complexity index is 687. The Kier molecular flexibility index (Phi) is 11.9. The molecule has 1 aliphatic heterocycles. The van der Waals surface area contributed by atoms with Crippen molar-refractivity contribution in [1.82, 2.24) is 15.5 Å². The molecule has 0 unspecified atom stereocenters. The van der Waals surface area contributed by atoms with Crippen molar-refractivity contribution in [1.29, 1.82) is 0 Å². The van der Waals surface area contributed by atoms with Crippen molar-refractivity contribution in [2.45, 2.75) is 51.5 Å². The van der Waals surface area contributed by atoms with E-state index in [0.29, 0.717) is 17.7 Å². The van der Waals surface area contributed by atoms with Gasteiger partial charge in [0.2, 0.25) is 5.91 Å². The number of nitrogens with zero attached hydrogens (tertiary/aromatic N) is 2. The number of aliphatic imine (C=N–C) groups is 1. The minimum Gasteiger partial charge on any atom is -0.508 e. The number of rotatable bonds is 7. The first-order valence-corrected chi connectivity index (χ1v) is 12.5. The fourth-order valence-electron chi connectivity index (χ4n) is 4.18. The van der Waals surface area contributed by atoms with Crippen LogP contribution >= 0.6 is 35.7 Å². The Hall–Kier alpha value is -1.16. The zero-order valence-electron chi connectivity index (χ0n) is 18.5. The van der Waals surface area contributed by atoms with Gasteiger partial charge in [0, 0.05) is 49.6 Å². The summed E-state index contributed by atoms with van der Waals surface area (Å²) in [4.78, 5) is 19.6. The highest BCUT2D eigenvalue weighted by Gasteiger charge is 2.30. The third-order valence-electron chi connectivity index (χ3n) is 5.91. The molecule has 1 aliphatic carbocycles. The Morgan fingerprint density at radius 1 is 1.16 bits per heavy atom. The number of aromatic hydroxyl groups is 1. The number of hydrogen-bond donors (Lipinski definition) is 3. The van der Waals surface area contributed by atoms with Crippen LogP contribution in [0.25, 0.3) is 0 Å². The molecule has 1 heterocycles. The van der Waals surface area contributed by atoms with Crippen LogP contribution in [0.4, 0.5) is 0 Å². The van der Waals surface area contributed by atoms with Crippen molar-refractivity contribution in [3.8, 4) is 5.75 Å². The number of phenols is 1. The summed E-state index contributed by atoms with van der Waals surface area (Å²) >= 11 is 1.95. The molecule has 31 heavy (non-hydrogen) atoms. The average Bonchev–Trinajstić information content (AvgIpc) is 2.78. The molecule has 174 valence electrons. The summed E-state index contributed by atoms with van der Waals surface area (Å²) in [6.45, 7) is 5.52. The second-order valence-electron chi connectivity index (χ2n) is 8.16. The Labute approximate surface area is 208 Å². The normalized spacial score (nSPS) is 21.8. The lowest BCUT2D eigenvalue weighted by molar-refractivity contribution is -0.136. The molecule has 6 nitrogen and oxygen atoms in total. The van der Waals surface area contributed by atoms with E-state index >= 15 is 0 Å². The van der Waals surface area contributed by atoms with Crippen LogP contribution in [0.3, 0.4) is 0 Å². The quantitative estimate of drug-likeness (QED) is 0.206. The van der Waals surface area contributed by atoms with E-state index in [1.54, 1.807) is 12.1 Å². The number of carbonyl (C=O) groups excluding carboxylic acids is 1. The van der Waals surface area contributed by atoms with E-state index in [4.69, 9.17) is 4.99 Å². The van der Waals surface area contributed by atoms with Gasteiger partial charge in [0.25, 0.3) is 0 Å². The Morgan fingerprint density at radius 2 is 1.84 bits per heavy atom. The number of amides is 1. The molecular weight excluding hydrogens is 523 g/mol. The van der Waals surface area contributed by atoms with Crippen LogP contribution in [0.5, 0.6) is 5.75 Å². The lowest BCUT2D eigenvalue weighted by atomic mass is 9.85. The minimum absolute atomic E-state index is 0. The van der Waals surface area contributed by atoms with Gasteiger partial charge in [-0.1, -0.05) is 12.1 Å². The van der Waals surface area contributed by atoms with Crippen molar-refractivity contribution in [2.24, 2.45) is 10.9 Å². The number of nitrogens with one attached hydrogen (secondary N) is 2. The van der Waals surface area contributed by atoms with E-state index < -0.39 is 0 Å². The average molecular weight is 561 g/mol. The number of carbonyl (C=O) groups is 1. The van der Waals surface area contributed by atoms with Gasteiger partial charge in [-0.3, -0.25) is 9.79 Å². The van der Waals surface area contributed by atoms with Crippen LogP contribution in [0, 0.1) is 5.92 Å². The van der Waals surface area contributed by atoms with E-state index in [9.17, 15) is 9.90 Å². The molecule has 1 aromatic rings. The lowest BCUT2D eigenvalue weighted by Crippen LogP contribution is -2.47. The summed E-state index contributed by atoms with van der Waals surface area (Å²) in [7, 11) is 0. The fourth-order valence-corrected chi connectivity index (χ4v) is 5.08. The molecule has 3 N–H and O–H groups in total. The highest BCUT2D eigenvalue weighted by atomic mass is 127. The van der Waals surface area contributed by atoms with Crippen LogP contribution in [-0.4, -0.2) is 65.6 Å². The zero-order chi connectivity index (χ0) is 21.2. The predicted molar refractivity (Wildman–Crippen MR) is 141 cm³/mol. The van der Waals surface area contributed by atoms with Gasteiger partial charge in [-0.25, -0.2) is 0 Å². The summed E-state index contributed by atoms with van der Waals surface area (Å²) < 4.78 is 0. The largest absolute Gasteiger partial charge is 0.508 e. The molecule has 0 radical (unpaired) electrons. The molecule has 0 bridgehead atoms. The molecule has 3 rings (SSSR count). The van der Waals surface area contributed by atoms with E-state index in [1.807, 2.05) is 23.9 Å². The first kappa shape index (κ1) is 26.1. The zero-order valence-corrected chi connectivity index (χ0v) is 21.7. The highest BCUT2D eigenvalue weighted by Crippen LogP contribution is 2.27. The van der Waals surface area contributed by atoms with Crippen LogP contribution < -0.4 is 10.6 Å². The topological polar surface area (TPSA) is 77.0 Å². The maximum absolute atomic E-state index is 12.7. The van der Waals surface area contributed by atoms with Crippen LogP contribution in [0.15, 0.2) is 29.3 Å². The lowest BCUT2D eigenvalue weighted by Gasteiger charge is -2.34. The van der Waals surface area contributed by atoms with Crippen molar-refractivity contribution >= 4 is 47.6 Å². The van der Waals surface area contributed by atoms with Crippen LogP contribution in [0.1, 0.15) is 44.6 Å². The van der Waals surface area contributed by atoms with Crippen LogP contribution in [-0.2, 0) is 11.2 Å². The van der Waals surface area contributed by atoms with Gasteiger partial charge in [-0.2, -0.15) is 11.8 Å². The molecule has 1 amide bonds. The third-order valence-corrected chi connectivity index (χ3v) is 6.86. The SMILES string of the molecule is CCNC(=NCCCc1ccc(O)cc1)NC1CCC(C(=O)N2CCSCC2)CC1.I. The first-order chi connectivity index (χ1) is 14.7. The van der Waals surface area contributed by atoms with Gasteiger partial charge in [-0.05, 0) is 63.1 Å². The molecule has 2 fully saturated rings. The van der Waals surface area contributed by atoms with E-state index in [2.05, 4.69) is 22.5 Å². The van der Waals surface area contributed by atoms with Gasteiger partial charge in [0.1, 0.15) is 5.75 Å². The van der Waals surface area contributed by atoms with Gasteiger partial charge < -0.3 is 20.6 Å². The second-order valence-corrected chi connectivity index (χ2v) is 9.39. The number of phenolic OH excluding ortho intramolecular Hbond substituents is 1. The maximum Gasteiger partial charge on any atom is 0.225 e. The Balaban J connectivity index is 0.00000341. The van der Waals surface area contributed by atoms with E-state index in [1.165, 1.54) is 5.56 Å². The monoisotopic (exact) mass is 560 g/mol. The summed E-state index contributed by atoms with van der Waals surface area (Å²) in [5.74, 6) is 3.93. The molecule has 1 aromatic carbocycles. The minimum atomic E-state index is 0. The van der Waals surface area contributed by atoms with Crippen LogP contribution in [0.2, 0.25) is 0 Å². The van der Waals surface area contributed by atoms with Crippen molar-refractivity contribution in [2.75, 3.05) is 37.7 Å². The number of thioether (sulfide) groups is 1. The number of halogens is 1. The van der Waals surface area contributed by atoms with E-state index in [-0.39, 0.29) is 29.9 Å². The predicted octanol–water partition coefficient (Wildman–Crippen LogP) is 3.63. The number of aryl methyl sites for hydroxylation is 1. The van der Waals surface area contributed by atoms with Gasteiger partial charge >= 0.3 is 0 Å². The molecule has 8 heteroatoms. The fraction of sp³-hybridized carbons (Fsp3) is 0.652. The molecule has 0 aromatic heterocycles. The highest BCUT2D eigenvalue weighted by molar-refractivity contribution is 14.0. The molecule has 0 atom stereocenters. The molecular formula is C23H37IN4O2S. The maximum atomic E-state index is 12.7. The summed E-state index contributed by atoms with van der Waals surface area (Å²) in [5, 5.41) is 16.3. The number of guanidine groups is 1. The summed E-state index contributed by atoms with van der Waals surface area (Å²) in [5.41, 5.74) is 1.22. The molecule has 1 saturated heterocycles. The Morgan fingerprint density at radius 3 is 2.48 bits per heavy atom. The summed E-state index contributed by atoms with van der Waals surface area (Å²) in [6.07, 6.45) is 5.91. The van der Waals surface area contributed by atoms with Crippen molar-refractivity contribution in [3.05, 3.63) is 29.8 Å². The molecule has 1 saturated carbocycles. The second kappa shape index (κ2) is 14.1. The number of benzene rings is 1. The number of hydrogen-bond acceptors (Lipinski definition) is 4. The third kappa shape index (κ3) is 8.71. The molecule has 2 aliphatic rings. The standard InChI is InChI=1S/C23H36N4O2S.HI/c1-2-24-23(25-13-3-4-18-5-11-21(28)12-6-18)26-20-9-7-19(8-10-20)22(29)27-14-16-30-17-15-27;/h5-6,11-12,19-20,28H,2-4,7-10,13-17H2,1H3,(H2,24,25,26);1H. The van der Waals surface area contributed by atoms with Crippen molar-refractivity contribution < 1.29 is 9.90 Å². The van der Waals surface area contributed by atoms with Crippen molar-refractivity contribution in [3.63, 3.8) is 0 Å². The molecule has 0 spiro atoms.